The molecule has 25 heavy (non-hydrogen) atoms. The highest BCUT2D eigenvalue weighted by Gasteiger charge is 2.08. The molecule has 0 unspecified atom stereocenters. The van der Waals surface area contributed by atoms with Crippen LogP contribution in [0.5, 0.6) is 5.75 Å². The van der Waals surface area contributed by atoms with Crippen LogP contribution in [0.15, 0.2) is 48.5 Å². The quantitative estimate of drug-likeness (QED) is 0.575. The van der Waals surface area contributed by atoms with E-state index in [2.05, 4.69) is 16.2 Å². The Morgan fingerprint density at radius 2 is 1.64 bits per heavy atom. The number of thiocarbonyl (C=S) groups is 1. The maximum absolute atomic E-state index is 11.9. The molecule has 2 amide bonds. The van der Waals surface area contributed by atoms with Crippen LogP contribution in [-0.4, -0.2) is 24.0 Å². The summed E-state index contributed by atoms with van der Waals surface area (Å²) in [6.07, 6.45) is 0.164. The van der Waals surface area contributed by atoms with Gasteiger partial charge in [0, 0.05) is 5.56 Å². The minimum absolute atomic E-state index is 0.0268. The maximum atomic E-state index is 11.9. The largest absolute Gasteiger partial charge is 0.497 e. The Kier molecular flexibility index (Phi) is 6.47. The number of hydrogen-bond donors (Lipinski definition) is 3. The number of nitrogens with one attached hydrogen (secondary N) is 3. The van der Waals surface area contributed by atoms with Crippen molar-refractivity contribution in [2.45, 2.75) is 13.3 Å². The summed E-state index contributed by atoms with van der Waals surface area (Å²) in [5.41, 5.74) is 7.33. The van der Waals surface area contributed by atoms with Gasteiger partial charge in [-0.1, -0.05) is 29.8 Å². The molecular weight excluding hydrogens is 338 g/mol. The van der Waals surface area contributed by atoms with Crippen LogP contribution in [0.3, 0.4) is 0 Å². The molecule has 0 atom stereocenters. The molecule has 0 bridgehead atoms. The van der Waals surface area contributed by atoms with E-state index in [4.69, 9.17) is 17.0 Å². The minimum Gasteiger partial charge on any atom is -0.497 e. The average molecular weight is 357 g/mol. The van der Waals surface area contributed by atoms with Crippen molar-refractivity contribution in [1.82, 2.24) is 16.2 Å². The zero-order chi connectivity index (χ0) is 18.2. The lowest BCUT2D eigenvalue weighted by Crippen LogP contribution is -2.48. The van der Waals surface area contributed by atoms with E-state index in [1.54, 1.807) is 43.5 Å². The van der Waals surface area contributed by atoms with Crippen LogP contribution in [0, 0.1) is 6.92 Å². The molecule has 6 nitrogen and oxygen atoms in total. The van der Waals surface area contributed by atoms with Crippen LogP contribution >= 0.6 is 12.2 Å². The molecule has 0 heterocycles. The fraction of sp³-hybridized carbons (Fsp3) is 0.167. The van der Waals surface area contributed by atoms with Gasteiger partial charge in [-0.15, -0.1) is 0 Å². The second-order valence-corrected chi connectivity index (χ2v) is 5.76. The Balaban J connectivity index is 1.77. The highest BCUT2D eigenvalue weighted by atomic mass is 32.1. The van der Waals surface area contributed by atoms with Gasteiger partial charge in [0.15, 0.2) is 5.11 Å². The maximum Gasteiger partial charge on any atom is 0.269 e. The molecule has 0 aliphatic carbocycles. The van der Waals surface area contributed by atoms with E-state index >= 15 is 0 Å². The van der Waals surface area contributed by atoms with Gasteiger partial charge in [-0.25, -0.2) is 0 Å². The molecule has 0 aliphatic heterocycles. The first-order valence-corrected chi connectivity index (χ1v) is 7.98. The number of carbonyl (C=O) groups excluding carboxylic acids is 2. The van der Waals surface area contributed by atoms with Gasteiger partial charge < -0.3 is 10.1 Å². The third-order valence-electron chi connectivity index (χ3n) is 3.38. The van der Waals surface area contributed by atoms with Gasteiger partial charge in [0.1, 0.15) is 5.75 Å². The summed E-state index contributed by atoms with van der Waals surface area (Å²) in [5, 5.41) is 2.54. The molecule has 3 N–H and O–H groups in total. The summed E-state index contributed by atoms with van der Waals surface area (Å²) < 4.78 is 5.06. The molecule has 7 heteroatoms. The number of amides is 2. The van der Waals surface area contributed by atoms with Gasteiger partial charge in [0.05, 0.1) is 13.5 Å². The van der Waals surface area contributed by atoms with Crippen molar-refractivity contribution in [3.8, 4) is 5.75 Å². The normalized spacial score (nSPS) is 9.84. The van der Waals surface area contributed by atoms with Crippen molar-refractivity contribution in [2.24, 2.45) is 0 Å². The monoisotopic (exact) mass is 357 g/mol. The topological polar surface area (TPSA) is 79.5 Å². The number of aryl methyl sites for hydroxylation is 1. The fourth-order valence-electron chi connectivity index (χ4n) is 2.02. The molecule has 0 fully saturated rings. The van der Waals surface area contributed by atoms with Gasteiger partial charge in [-0.2, -0.15) is 0 Å². The number of methoxy groups -OCH3 is 1. The Morgan fingerprint density at radius 3 is 2.24 bits per heavy atom. The van der Waals surface area contributed by atoms with E-state index in [1.807, 2.05) is 19.1 Å². The summed E-state index contributed by atoms with van der Waals surface area (Å²) in [6, 6.07) is 14.2. The van der Waals surface area contributed by atoms with Crippen molar-refractivity contribution in [3.05, 3.63) is 65.2 Å². The first-order chi connectivity index (χ1) is 12.0. The smallest absolute Gasteiger partial charge is 0.269 e. The fourth-order valence-corrected chi connectivity index (χ4v) is 2.19. The summed E-state index contributed by atoms with van der Waals surface area (Å²) in [7, 11) is 1.58. The van der Waals surface area contributed by atoms with Crippen LogP contribution < -0.4 is 20.9 Å². The van der Waals surface area contributed by atoms with Crippen LogP contribution in [0.25, 0.3) is 0 Å². The number of benzene rings is 2. The predicted molar refractivity (Wildman–Crippen MR) is 99.2 cm³/mol. The third-order valence-corrected chi connectivity index (χ3v) is 3.58. The van der Waals surface area contributed by atoms with Gasteiger partial charge >= 0.3 is 0 Å². The van der Waals surface area contributed by atoms with E-state index in [1.165, 1.54) is 0 Å². The minimum atomic E-state index is -0.341. The Morgan fingerprint density at radius 1 is 1.00 bits per heavy atom. The Labute approximate surface area is 151 Å². The third kappa shape index (κ3) is 5.89. The van der Waals surface area contributed by atoms with Gasteiger partial charge in [-0.05, 0) is 49.0 Å². The lowest BCUT2D eigenvalue weighted by molar-refractivity contribution is -0.119. The van der Waals surface area contributed by atoms with Crippen molar-refractivity contribution in [1.29, 1.82) is 0 Å². The highest BCUT2D eigenvalue weighted by molar-refractivity contribution is 7.80. The van der Waals surface area contributed by atoms with Crippen LogP contribution in [0.1, 0.15) is 21.5 Å². The van der Waals surface area contributed by atoms with E-state index in [9.17, 15) is 9.59 Å². The zero-order valence-electron chi connectivity index (χ0n) is 14.0. The summed E-state index contributed by atoms with van der Waals surface area (Å²) in [5.74, 6) is 0.0965. The predicted octanol–water partition coefficient (Wildman–Crippen LogP) is 1.88. The van der Waals surface area contributed by atoms with Crippen LogP contribution in [0.2, 0.25) is 0 Å². The summed E-state index contributed by atoms with van der Waals surface area (Å²) >= 11 is 5.00. The first kappa shape index (κ1) is 18.4. The molecule has 2 rings (SSSR count). The van der Waals surface area contributed by atoms with Crippen molar-refractivity contribution < 1.29 is 14.3 Å². The number of carbonyl (C=O) groups is 2. The van der Waals surface area contributed by atoms with E-state index in [-0.39, 0.29) is 23.3 Å². The molecule has 0 saturated carbocycles. The van der Waals surface area contributed by atoms with E-state index in [0.29, 0.717) is 5.56 Å². The molecule has 0 aliphatic rings. The van der Waals surface area contributed by atoms with Crippen molar-refractivity contribution in [3.63, 3.8) is 0 Å². The lowest BCUT2D eigenvalue weighted by atomic mass is 10.1. The number of hydrogen-bond acceptors (Lipinski definition) is 4. The molecule has 0 saturated heterocycles. The lowest BCUT2D eigenvalue weighted by Gasteiger charge is -2.11. The second-order valence-electron chi connectivity index (χ2n) is 5.35. The number of ether oxygens (including phenoxy) is 1. The SMILES string of the molecule is COc1ccc(CC(=O)NC(=S)NNC(=O)c2ccc(C)cc2)cc1. The Bertz CT molecular complexity index is 758. The summed E-state index contributed by atoms with van der Waals surface area (Å²) in [6.45, 7) is 1.94. The second kappa shape index (κ2) is 8.79. The zero-order valence-corrected chi connectivity index (χ0v) is 14.8. The van der Waals surface area contributed by atoms with E-state index < -0.39 is 0 Å². The molecular formula is C18H19N3O3S. The van der Waals surface area contributed by atoms with Crippen LogP contribution in [0.4, 0.5) is 0 Å². The van der Waals surface area contributed by atoms with Gasteiger partial charge in [0.2, 0.25) is 5.91 Å². The standard InChI is InChI=1S/C18H19N3O3S/c1-12-3-7-14(8-4-12)17(23)20-21-18(25)19-16(22)11-13-5-9-15(24-2)10-6-13/h3-10H,11H2,1-2H3,(H,20,23)(H2,19,21,22,25). The molecule has 0 aromatic heterocycles. The number of rotatable bonds is 4. The van der Waals surface area contributed by atoms with Gasteiger partial charge in [-0.3, -0.25) is 20.4 Å². The molecule has 130 valence electrons. The highest BCUT2D eigenvalue weighted by Crippen LogP contribution is 2.11. The van der Waals surface area contributed by atoms with Crippen molar-refractivity contribution in [2.75, 3.05) is 7.11 Å². The molecule has 2 aromatic rings. The van der Waals surface area contributed by atoms with Gasteiger partial charge in [0.25, 0.3) is 5.91 Å². The number of hydrazine groups is 1. The van der Waals surface area contributed by atoms with Crippen LogP contribution in [-0.2, 0) is 11.2 Å². The van der Waals surface area contributed by atoms with Crippen molar-refractivity contribution >= 4 is 29.1 Å². The molecule has 0 radical (unpaired) electrons. The first-order valence-electron chi connectivity index (χ1n) is 7.57. The summed E-state index contributed by atoms with van der Waals surface area (Å²) in [4.78, 5) is 23.9. The molecule has 2 aromatic carbocycles. The molecule has 0 spiro atoms. The average Bonchev–Trinajstić information content (AvgIpc) is 2.61. The van der Waals surface area contributed by atoms with E-state index in [0.717, 1.165) is 16.9 Å². The Hall–Kier alpha value is -2.93.